The molecule has 5 nitrogen and oxygen atoms in total. The van der Waals surface area contributed by atoms with Crippen LogP contribution in [0.4, 0.5) is 0 Å². The van der Waals surface area contributed by atoms with Gasteiger partial charge in [-0.1, -0.05) is 98.5 Å². The Morgan fingerprint density at radius 3 is 1.92 bits per heavy atom. The lowest BCUT2D eigenvalue weighted by atomic mass is 9.96. The Morgan fingerprint density at radius 2 is 1.24 bits per heavy atom. The molecule has 0 bridgehead atoms. The molecule has 6 heteroatoms. The van der Waals surface area contributed by atoms with Crippen molar-refractivity contribution in [3.8, 4) is 0 Å². The summed E-state index contributed by atoms with van der Waals surface area (Å²) in [7, 11) is 0. The summed E-state index contributed by atoms with van der Waals surface area (Å²) in [4.78, 5) is 23.3. The van der Waals surface area contributed by atoms with Crippen molar-refractivity contribution >= 4 is 23.7 Å². The molecule has 0 amide bonds. The van der Waals surface area contributed by atoms with Crippen LogP contribution in [-0.2, 0) is 23.4 Å². The molecule has 0 fully saturated rings. The predicted molar refractivity (Wildman–Crippen MR) is 149 cm³/mol. The van der Waals surface area contributed by atoms with E-state index in [0.29, 0.717) is 5.56 Å². The summed E-state index contributed by atoms with van der Waals surface area (Å²) in [6, 6.07) is 24.9. The minimum Gasteiger partial charge on any atom is -0.479 e. The van der Waals surface area contributed by atoms with Crippen molar-refractivity contribution in [3.05, 3.63) is 107 Å². The van der Waals surface area contributed by atoms with E-state index in [1.165, 1.54) is 49.1 Å². The molecule has 0 aliphatic heterocycles. The molecule has 0 saturated heterocycles. The smallest absolute Gasteiger partial charge is 0.335 e. The van der Waals surface area contributed by atoms with Crippen molar-refractivity contribution in [2.75, 3.05) is 0 Å². The van der Waals surface area contributed by atoms with Crippen LogP contribution in [0.5, 0.6) is 0 Å². The van der Waals surface area contributed by atoms with Crippen molar-refractivity contribution in [2.24, 2.45) is 0 Å². The molecular weight excluding hydrogens is 484 g/mol. The Labute approximate surface area is 223 Å². The average molecular weight is 521 g/mol. The van der Waals surface area contributed by atoms with E-state index in [0.717, 1.165) is 36.8 Å². The number of carboxylic acid groups (broad SMARTS) is 2. The minimum atomic E-state index is -1.59. The molecule has 3 aromatic carbocycles. The van der Waals surface area contributed by atoms with Crippen LogP contribution in [-0.4, -0.2) is 33.4 Å². The van der Waals surface area contributed by atoms with E-state index in [1.54, 1.807) is 18.2 Å². The van der Waals surface area contributed by atoms with Crippen LogP contribution in [0.2, 0.25) is 0 Å². The highest BCUT2D eigenvalue weighted by Gasteiger charge is 2.29. The monoisotopic (exact) mass is 520 g/mol. The predicted octanol–water partition coefficient (Wildman–Crippen LogP) is 6.93. The van der Waals surface area contributed by atoms with E-state index in [-0.39, 0.29) is 11.3 Å². The molecule has 37 heavy (non-hydrogen) atoms. The molecule has 0 spiro atoms. The Kier molecular flexibility index (Phi) is 11.7. The lowest BCUT2D eigenvalue weighted by molar-refractivity contribution is -0.146. The molecule has 2 atom stereocenters. The van der Waals surface area contributed by atoms with Gasteiger partial charge in [0.2, 0.25) is 0 Å². The lowest BCUT2D eigenvalue weighted by Gasteiger charge is -2.23. The Balaban J connectivity index is 1.55. The summed E-state index contributed by atoms with van der Waals surface area (Å²) in [6.45, 7) is 0. The maximum absolute atomic E-state index is 11.7. The van der Waals surface area contributed by atoms with Crippen molar-refractivity contribution in [3.63, 3.8) is 0 Å². The van der Waals surface area contributed by atoms with Gasteiger partial charge < -0.3 is 15.3 Å². The van der Waals surface area contributed by atoms with Gasteiger partial charge in [0.25, 0.3) is 0 Å². The quantitative estimate of drug-likeness (QED) is 0.177. The first-order chi connectivity index (χ1) is 18.0. The molecule has 0 aliphatic carbocycles. The maximum Gasteiger partial charge on any atom is 0.335 e. The van der Waals surface area contributed by atoms with Crippen LogP contribution in [0.3, 0.4) is 0 Å². The summed E-state index contributed by atoms with van der Waals surface area (Å²) in [6.07, 6.45) is 7.23. The Hall–Kier alpha value is -3.09. The van der Waals surface area contributed by atoms with Crippen molar-refractivity contribution in [2.45, 2.75) is 68.5 Å². The topological polar surface area (TPSA) is 94.8 Å². The maximum atomic E-state index is 11.7. The van der Waals surface area contributed by atoms with E-state index in [9.17, 15) is 24.9 Å². The lowest BCUT2D eigenvalue weighted by Crippen LogP contribution is -2.26. The minimum absolute atomic E-state index is 0.190. The number of aromatic carboxylic acids is 1. The zero-order chi connectivity index (χ0) is 26.5. The van der Waals surface area contributed by atoms with Gasteiger partial charge in [0, 0.05) is 5.75 Å². The van der Waals surface area contributed by atoms with Crippen LogP contribution in [0, 0.1) is 0 Å². The van der Waals surface area contributed by atoms with Gasteiger partial charge in [-0.2, -0.15) is 0 Å². The van der Waals surface area contributed by atoms with Crippen LogP contribution in [0.15, 0.2) is 78.9 Å². The third kappa shape index (κ3) is 9.06. The number of aliphatic hydroxyl groups excluding tert-OH is 1. The summed E-state index contributed by atoms with van der Waals surface area (Å²) in [5.41, 5.74) is 4.03. The number of unbranched alkanes of at least 4 members (excludes halogenated alkanes) is 5. The van der Waals surface area contributed by atoms with Crippen LogP contribution in [0.25, 0.3) is 0 Å². The van der Waals surface area contributed by atoms with Gasteiger partial charge in [-0.05, 0) is 54.0 Å². The molecule has 3 aromatic rings. The second-order valence-corrected chi connectivity index (χ2v) is 10.4. The second kappa shape index (κ2) is 15.2. The van der Waals surface area contributed by atoms with E-state index >= 15 is 0 Å². The summed E-state index contributed by atoms with van der Waals surface area (Å²) >= 11 is 1.27. The van der Waals surface area contributed by atoms with E-state index < -0.39 is 23.3 Å². The number of hydrogen-bond donors (Lipinski definition) is 3. The van der Waals surface area contributed by atoms with Gasteiger partial charge in [-0.3, -0.25) is 0 Å². The fourth-order valence-electron chi connectivity index (χ4n) is 4.55. The number of aliphatic hydroxyl groups is 1. The van der Waals surface area contributed by atoms with Gasteiger partial charge in [-0.25, -0.2) is 9.59 Å². The first kappa shape index (κ1) is 28.5. The SMILES string of the molecule is O=C(O)c1ccccc1CS[C@H](c1ccccc1CCCCCCCCc1ccccc1)[C@@H](O)C(=O)O. The normalized spacial score (nSPS) is 12.7. The van der Waals surface area contributed by atoms with Gasteiger partial charge in [0.1, 0.15) is 0 Å². The first-order valence-corrected chi connectivity index (χ1v) is 14.0. The summed E-state index contributed by atoms with van der Waals surface area (Å²) in [5, 5.41) is 28.9. The van der Waals surface area contributed by atoms with Crippen molar-refractivity contribution in [1.29, 1.82) is 0 Å². The third-order valence-corrected chi connectivity index (χ3v) is 7.92. The summed E-state index contributed by atoms with van der Waals surface area (Å²) < 4.78 is 0. The van der Waals surface area contributed by atoms with E-state index in [1.807, 2.05) is 30.3 Å². The number of aliphatic carboxylic acids is 1. The van der Waals surface area contributed by atoms with Gasteiger partial charge in [0.15, 0.2) is 6.10 Å². The van der Waals surface area contributed by atoms with Crippen LogP contribution >= 0.6 is 11.8 Å². The molecule has 3 rings (SSSR count). The van der Waals surface area contributed by atoms with Crippen molar-refractivity contribution in [1.82, 2.24) is 0 Å². The molecule has 0 unspecified atom stereocenters. The van der Waals surface area contributed by atoms with E-state index in [4.69, 9.17) is 0 Å². The molecule has 0 radical (unpaired) electrons. The van der Waals surface area contributed by atoms with Crippen molar-refractivity contribution < 1.29 is 24.9 Å². The average Bonchev–Trinajstić information content (AvgIpc) is 2.91. The molecule has 0 aromatic heterocycles. The van der Waals surface area contributed by atoms with Gasteiger partial charge in [-0.15, -0.1) is 11.8 Å². The first-order valence-electron chi connectivity index (χ1n) is 12.9. The van der Waals surface area contributed by atoms with Gasteiger partial charge in [0.05, 0.1) is 10.8 Å². The second-order valence-electron chi connectivity index (χ2n) is 9.28. The number of rotatable bonds is 16. The fourth-order valence-corrected chi connectivity index (χ4v) is 5.87. The largest absolute Gasteiger partial charge is 0.479 e. The Bertz CT molecular complexity index is 1130. The number of hydrogen-bond acceptors (Lipinski definition) is 4. The number of aryl methyl sites for hydroxylation is 2. The standard InChI is InChI=1S/C31H36O5S/c32-28(31(35)36)29(37-22-25-19-11-13-21-27(25)30(33)34)26-20-12-10-18-24(26)17-9-4-2-1-3-6-14-23-15-7-5-8-16-23/h5,7-8,10-13,15-16,18-21,28-29,32H,1-4,6,9,14,17,22H2,(H,33,34)(H,35,36)/t28-,29-/m1/s1. The number of carbonyl (C=O) groups is 2. The van der Waals surface area contributed by atoms with Gasteiger partial charge >= 0.3 is 11.9 Å². The molecular formula is C31H36O5S. The molecule has 0 aliphatic rings. The number of thioether (sulfide) groups is 1. The molecule has 3 N–H and O–H groups in total. The highest BCUT2D eigenvalue weighted by atomic mass is 32.2. The highest BCUT2D eigenvalue weighted by molar-refractivity contribution is 7.98. The zero-order valence-corrected chi connectivity index (χ0v) is 21.9. The molecule has 196 valence electrons. The fraction of sp³-hybridized carbons (Fsp3) is 0.355. The Morgan fingerprint density at radius 1 is 0.676 bits per heavy atom. The molecule has 0 saturated carbocycles. The summed E-state index contributed by atoms with van der Waals surface area (Å²) in [5.74, 6) is -2.02. The van der Waals surface area contributed by atoms with E-state index in [2.05, 4.69) is 24.3 Å². The third-order valence-electron chi connectivity index (χ3n) is 6.57. The molecule has 0 heterocycles. The van der Waals surface area contributed by atoms with Crippen LogP contribution in [0.1, 0.15) is 76.4 Å². The van der Waals surface area contributed by atoms with Crippen LogP contribution < -0.4 is 0 Å². The number of benzene rings is 3. The highest BCUT2D eigenvalue weighted by Crippen LogP contribution is 2.37. The zero-order valence-electron chi connectivity index (χ0n) is 21.1. The number of carboxylic acids is 2.